The standard InChI is InChI=1S/C21H19FN4O3S2/c1-12-4-7-17-15(8-12)20-18(31(28,29)26(17)3)10-23-21(25-20)30-11-19(27)24-16-9-14(22)6-5-13(16)2/h4-10H,11H2,1-3H3,(H,24,27). The summed E-state index contributed by atoms with van der Waals surface area (Å²) < 4.78 is 40.3. The Morgan fingerprint density at radius 1 is 1.19 bits per heavy atom. The highest BCUT2D eigenvalue weighted by atomic mass is 32.2. The van der Waals surface area contributed by atoms with Gasteiger partial charge in [-0.3, -0.25) is 9.10 Å². The van der Waals surface area contributed by atoms with Crippen LogP contribution < -0.4 is 9.62 Å². The molecule has 1 aliphatic rings. The van der Waals surface area contributed by atoms with E-state index in [0.717, 1.165) is 22.9 Å². The summed E-state index contributed by atoms with van der Waals surface area (Å²) in [5, 5.41) is 2.94. The lowest BCUT2D eigenvalue weighted by Crippen LogP contribution is -2.31. The zero-order valence-corrected chi connectivity index (χ0v) is 18.6. The van der Waals surface area contributed by atoms with E-state index >= 15 is 0 Å². The summed E-state index contributed by atoms with van der Waals surface area (Å²) in [7, 11) is -2.27. The van der Waals surface area contributed by atoms with Crippen LogP contribution in [-0.4, -0.2) is 37.1 Å². The third-order valence-corrected chi connectivity index (χ3v) is 7.56. The van der Waals surface area contributed by atoms with Crippen molar-refractivity contribution in [3.8, 4) is 11.3 Å². The maximum atomic E-state index is 13.4. The molecule has 0 radical (unpaired) electrons. The van der Waals surface area contributed by atoms with Crippen molar-refractivity contribution in [2.24, 2.45) is 0 Å². The first kappa shape index (κ1) is 21.3. The molecule has 0 atom stereocenters. The van der Waals surface area contributed by atoms with Crippen LogP contribution in [0.1, 0.15) is 11.1 Å². The van der Waals surface area contributed by atoms with Crippen LogP contribution in [0.3, 0.4) is 0 Å². The van der Waals surface area contributed by atoms with Gasteiger partial charge >= 0.3 is 0 Å². The fraction of sp³-hybridized carbons (Fsp3) is 0.190. The van der Waals surface area contributed by atoms with Gasteiger partial charge in [0.1, 0.15) is 10.7 Å². The molecule has 2 heterocycles. The van der Waals surface area contributed by atoms with Crippen LogP contribution in [0.15, 0.2) is 52.6 Å². The zero-order chi connectivity index (χ0) is 22.3. The highest BCUT2D eigenvalue weighted by Crippen LogP contribution is 2.41. The Hall–Kier alpha value is -2.98. The molecule has 1 aromatic heterocycles. The van der Waals surface area contributed by atoms with Crippen molar-refractivity contribution in [2.45, 2.75) is 23.9 Å². The average molecular weight is 459 g/mol. The van der Waals surface area contributed by atoms with Crippen molar-refractivity contribution in [3.05, 3.63) is 59.5 Å². The summed E-state index contributed by atoms with van der Waals surface area (Å²) in [6.45, 7) is 3.68. The third-order valence-electron chi connectivity index (χ3n) is 4.92. The van der Waals surface area contributed by atoms with Crippen molar-refractivity contribution in [3.63, 3.8) is 0 Å². The molecule has 1 N–H and O–H groups in total. The molecule has 0 saturated carbocycles. The summed E-state index contributed by atoms with van der Waals surface area (Å²) in [6.07, 6.45) is 1.27. The van der Waals surface area contributed by atoms with Gasteiger partial charge < -0.3 is 5.32 Å². The molecular weight excluding hydrogens is 439 g/mol. The molecule has 0 unspecified atom stereocenters. The van der Waals surface area contributed by atoms with Gasteiger partial charge in [-0.05, 0) is 43.7 Å². The maximum Gasteiger partial charge on any atom is 0.267 e. The molecule has 1 aliphatic heterocycles. The quantitative estimate of drug-likeness (QED) is 0.473. The lowest BCUT2D eigenvalue weighted by Gasteiger charge is -2.28. The zero-order valence-electron chi connectivity index (χ0n) is 17.0. The number of aryl methyl sites for hydroxylation is 2. The van der Waals surface area contributed by atoms with Crippen LogP contribution in [-0.2, 0) is 14.8 Å². The van der Waals surface area contributed by atoms with Gasteiger partial charge in [-0.25, -0.2) is 22.8 Å². The first-order valence-electron chi connectivity index (χ1n) is 9.32. The van der Waals surface area contributed by atoms with E-state index in [9.17, 15) is 17.6 Å². The monoisotopic (exact) mass is 458 g/mol. The van der Waals surface area contributed by atoms with Crippen molar-refractivity contribution < 1.29 is 17.6 Å². The van der Waals surface area contributed by atoms with Gasteiger partial charge in [-0.1, -0.05) is 29.5 Å². The first-order chi connectivity index (χ1) is 14.7. The second-order valence-corrected chi connectivity index (χ2v) is 10.0. The summed E-state index contributed by atoms with van der Waals surface area (Å²) >= 11 is 1.07. The summed E-state index contributed by atoms with van der Waals surface area (Å²) in [5.74, 6) is -0.794. The van der Waals surface area contributed by atoms with E-state index in [0.29, 0.717) is 22.6 Å². The number of benzene rings is 2. The predicted octanol–water partition coefficient (Wildman–Crippen LogP) is 3.77. The molecule has 0 fully saturated rings. The number of carbonyl (C=O) groups is 1. The van der Waals surface area contributed by atoms with Crippen LogP contribution in [0, 0.1) is 19.7 Å². The molecule has 7 nitrogen and oxygen atoms in total. The van der Waals surface area contributed by atoms with E-state index in [-0.39, 0.29) is 21.7 Å². The number of hydrogen-bond donors (Lipinski definition) is 1. The van der Waals surface area contributed by atoms with Crippen molar-refractivity contribution in [1.82, 2.24) is 9.97 Å². The Morgan fingerprint density at radius 2 is 1.97 bits per heavy atom. The molecule has 0 spiro atoms. The van der Waals surface area contributed by atoms with Gasteiger partial charge in [-0.2, -0.15) is 0 Å². The fourth-order valence-electron chi connectivity index (χ4n) is 3.24. The van der Waals surface area contributed by atoms with E-state index in [1.807, 2.05) is 19.1 Å². The van der Waals surface area contributed by atoms with Gasteiger partial charge in [0.15, 0.2) is 5.16 Å². The van der Waals surface area contributed by atoms with Crippen LogP contribution >= 0.6 is 11.8 Å². The average Bonchev–Trinajstić information content (AvgIpc) is 2.73. The summed E-state index contributed by atoms with van der Waals surface area (Å²) in [5.41, 5.74) is 3.65. The lowest BCUT2D eigenvalue weighted by atomic mass is 10.1. The number of hydrogen-bond acceptors (Lipinski definition) is 6. The van der Waals surface area contributed by atoms with E-state index in [1.54, 1.807) is 19.1 Å². The van der Waals surface area contributed by atoms with E-state index in [1.165, 1.54) is 29.7 Å². The summed E-state index contributed by atoms with van der Waals surface area (Å²) in [6, 6.07) is 9.63. The number of rotatable bonds is 4. The number of halogens is 1. The molecular formula is C21H19FN4O3S2. The second-order valence-electron chi connectivity index (χ2n) is 7.15. The van der Waals surface area contributed by atoms with Crippen LogP contribution in [0.2, 0.25) is 0 Å². The highest BCUT2D eigenvalue weighted by molar-refractivity contribution is 7.99. The van der Waals surface area contributed by atoms with Gasteiger partial charge in [-0.15, -0.1) is 0 Å². The molecule has 3 aromatic rings. The molecule has 4 rings (SSSR count). The predicted molar refractivity (Wildman–Crippen MR) is 118 cm³/mol. The summed E-state index contributed by atoms with van der Waals surface area (Å²) in [4.78, 5) is 20.9. The van der Waals surface area contributed by atoms with Gasteiger partial charge in [0.05, 0.1) is 23.3 Å². The number of amides is 1. The number of carbonyl (C=O) groups excluding carboxylic acids is 1. The number of fused-ring (bicyclic) bond motifs is 3. The Bertz CT molecular complexity index is 1310. The molecule has 1 amide bonds. The molecule has 10 heteroatoms. The number of nitrogens with one attached hydrogen (secondary N) is 1. The fourth-order valence-corrected chi connectivity index (χ4v) is 5.16. The number of nitrogens with zero attached hydrogens (tertiary/aromatic N) is 3. The number of sulfonamides is 1. The topological polar surface area (TPSA) is 92.3 Å². The molecule has 0 aliphatic carbocycles. The first-order valence-corrected chi connectivity index (χ1v) is 11.7. The third kappa shape index (κ3) is 4.00. The number of thioether (sulfide) groups is 1. The Balaban J connectivity index is 1.59. The van der Waals surface area contributed by atoms with E-state index in [4.69, 9.17) is 0 Å². The molecule has 31 heavy (non-hydrogen) atoms. The molecule has 0 saturated heterocycles. The Labute approximate surface area is 183 Å². The van der Waals surface area contributed by atoms with E-state index < -0.39 is 15.8 Å². The van der Waals surface area contributed by atoms with Gasteiger partial charge in [0, 0.05) is 18.3 Å². The molecule has 160 valence electrons. The van der Waals surface area contributed by atoms with Crippen molar-refractivity contribution in [1.29, 1.82) is 0 Å². The highest BCUT2D eigenvalue weighted by Gasteiger charge is 2.34. The van der Waals surface area contributed by atoms with Crippen LogP contribution in [0.5, 0.6) is 0 Å². The second kappa shape index (κ2) is 7.93. The SMILES string of the molecule is Cc1ccc2c(c1)-c1nc(SCC(=O)Nc3cc(F)ccc3C)ncc1S(=O)(=O)N2C. The molecule has 2 aromatic carbocycles. The minimum atomic E-state index is -3.76. The van der Waals surface area contributed by atoms with Crippen molar-refractivity contribution >= 4 is 39.1 Å². The number of aromatic nitrogens is 2. The largest absolute Gasteiger partial charge is 0.325 e. The smallest absolute Gasteiger partial charge is 0.267 e. The minimum Gasteiger partial charge on any atom is -0.325 e. The molecule has 0 bridgehead atoms. The van der Waals surface area contributed by atoms with Crippen LogP contribution in [0.25, 0.3) is 11.3 Å². The minimum absolute atomic E-state index is 0.0118. The number of anilines is 2. The lowest BCUT2D eigenvalue weighted by molar-refractivity contribution is -0.113. The van der Waals surface area contributed by atoms with Crippen molar-refractivity contribution in [2.75, 3.05) is 22.4 Å². The van der Waals surface area contributed by atoms with Gasteiger partial charge in [0.2, 0.25) is 5.91 Å². The van der Waals surface area contributed by atoms with Gasteiger partial charge in [0.25, 0.3) is 10.0 Å². The Kier molecular flexibility index (Phi) is 5.44. The maximum absolute atomic E-state index is 13.4. The van der Waals surface area contributed by atoms with Crippen LogP contribution in [0.4, 0.5) is 15.8 Å². The van der Waals surface area contributed by atoms with E-state index in [2.05, 4.69) is 15.3 Å². The Morgan fingerprint density at radius 3 is 2.74 bits per heavy atom. The normalized spacial score (nSPS) is 14.0.